The summed E-state index contributed by atoms with van der Waals surface area (Å²) in [5.74, 6) is 2.02. The number of carbonyl (C=O) groups excluding carboxylic acids is 1. The number of nitrogens with two attached hydrogens (primary N) is 2. The van der Waals surface area contributed by atoms with Crippen LogP contribution in [0.3, 0.4) is 0 Å². The average molecular weight is 412 g/mol. The van der Waals surface area contributed by atoms with Crippen LogP contribution in [0.25, 0.3) is 0 Å². The highest BCUT2D eigenvalue weighted by atomic mass is 16.5. The van der Waals surface area contributed by atoms with Gasteiger partial charge in [-0.25, -0.2) is 4.79 Å². The van der Waals surface area contributed by atoms with Crippen molar-refractivity contribution in [3.8, 4) is 11.5 Å². The second-order valence-electron chi connectivity index (χ2n) is 7.60. The molecule has 3 atom stereocenters. The number of hydrogen-bond donors (Lipinski definition) is 4. The van der Waals surface area contributed by atoms with Crippen LogP contribution in [-0.2, 0) is 11.2 Å². The van der Waals surface area contributed by atoms with Crippen LogP contribution in [0.2, 0.25) is 0 Å². The highest BCUT2D eigenvalue weighted by Gasteiger charge is 2.23. The van der Waals surface area contributed by atoms with Crippen molar-refractivity contribution in [3.63, 3.8) is 0 Å². The highest BCUT2D eigenvalue weighted by Crippen LogP contribution is 2.31. The molecule has 1 aromatic carbocycles. The zero-order valence-corrected chi connectivity index (χ0v) is 18.0. The van der Waals surface area contributed by atoms with Gasteiger partial charge in [0.25, 0.3) is 0 Å². The molecule has 1 aromatic rings. The third-order valence-corrected chi connectivity index (χ3v) is 4.97. The Labute approximate surface area is 173 Å². The number of aliphatic hydroxyl groups excluding tert-OH is 1. The molecule has 8 heteroatoms. The maximum absolute atomic E-state index is 10.8. The summed E-state index contributed by atoms with van der Waals surface area (Å²) in [7, 11) is 3.29. The third kappa shape index (κ3) is 9.34. The fourth-order valence-corrected chi connectivity index (χ4v) is 3.10. The lowest BCUT2D eigenvalue weighted by Gasteiger charge is -2.27. The number of amides is 2. The van der Waals surface area contributed by atoms with Gasteiger partial charge in [-0.3, -0.25) is 0 Å². The van der Waals surface area contributed by atoms with Gasteiger partial charge in [-0.1, -0.05) is 19.9 Å². The maximum atomic E-state index is 10.8. The van der Waals surface area contributed by atoms with Crippen LogP contribution in [-0.4, -0.2) is 57.3 Å². The van der Waals surface area contributed by atoms with E-state index in [0.717, 1.165) is 18.4 Å². The van der Waals surface area contributed by atoms with Crippen molar-refractivity contribution >= 4 is 6.03 Å². The summed E-state index contributed by atoms with van der Waals surface area (Å²) in [6.45, 7) is 5.50. The van der Waals surface area contributed by atoms with Crippen molar-refractivity contribution in [2.24, 2.45) is 23.3 Å². The van der Waals surface area contributed by atoms with Crippen LogP contribution < -0.4 is 26.3 Å². The van der Waals surface area contributed by atoms with E-state index in [0.29, 0.717) is 37.1 Å². The summed E-state index contributed by atoms with van der Waals surface area (Å²) < 4.78 is 16.3. The molecule has 8 nitrogen and oxygen atoms in total. The fourth-order valence-electron chi connectivity index (χ4n) is 3.10. The van der Waals surface area contributed by atoms with Gasteiger partial charge in [0.05, 0.1) is 19.8 Å². The molecule has 0 radical (unpaired) electrons. The lowest BCUT2D eigenvalue weighted by atomic mass is 9.83. The Morgan fingerprint density at radius 3 is 2.52 bits per heavy atom. The van der Waals surface area contributed by atoms with Gasteiger partial charge in [0, 0.05) is 32.7 Å². The molecule has 0 saturated heterocycles. The lowest BCUT2D eigenvalue weighted by Crippen LogP contribution is -2.46. The number of hydrogen-bond acceptors (Lipinski definition) is 6. The molecule has 0 bridgehead atoms. The van der Waals surface area contributed by atoms with Crippen LogP contribution >= 0.6 is 0 Å². The first-order valence-corrected chi connectivity index (χ1v) is 10.0. The lowest BCUT2D eigenvalue weighted by molar-refractivity contribution is 0.126. The number of rotatable bonds is 14. The van der Waals surface area contributed by atoms with Gasteiger partial charge in [0.15, 0.2) is 11.5 Å². The summed E-state index contributed by atoms with van der Waals surface area (Å²) in [6.07, 6.45) is 1.36. The molecular weight excluding hydrogens is 374 g/mol. The number of carbonyl (C=O) groups is 1. The molecule has 3 unspecified atom stereocenters. The van der Waals surface area contributed by atoms with Crippen molar-refractivity contribution in [1.29, 1.82) is 0 Å². The van der Waals surface area contributed by atoms with Crippen LogP contribution in [0.15, 0.2) is 18.2 Å². The Morgan fingerprint density at radius 1 is 1.21 bits per heavy atom. The molecule has 0 aromatic heterocycles. The van der Waals surface area contributed by atoms with Gasteiger partial charge in [0.2, 0.25) is 0 Å². The minimum atomic E-state index is -0.848. The van der Waals surface area contributed by atoms with Gasteiger partial charge in [-0.15, -0.1) is 0 Å². The van der Waals surface area contributed by atoms with E-state index in [1.807, 2.05) is 18.2 Å². The predicted octanol–water partition coefficient (Wildman–Crippen LogP) is 1.67. The highest BCUT2D eigenvalue weighted by molar-refractivity contribution is 5.71. The molecule has 166 valence electrons. The predicted molar refractivity (Wildman–Crippen MR) is 113 cm³/mol. The normalized spacial score (nSPS) is 14.3. The number of urea groups is 1. The van der Waals surface area contributed by atoms with Gasteiger partial charge < -0.3 is 36.1 Å². The molecule has 6 N–H and O–H groups in total. The Kier molecular flexibility index (Phi) is 11.4. The summed E-state index contributed by atoms with van der Waals surface area (Å²) in [5, 5.41) is 12.6. The largest absolute Gasteiger partial charge is 0.493 e. The minimum absolute atomic E-state index is 0.0450. The van der Waals surface area contributed by atoms with E-state index in [1.165, 1.54) is 0 Å². The summed E-state index contributed by atoms with van der Waals surface area (Å²) in [5.41, 5.74) is 12.3. The van der Waals surface area contributed by atoms with Gasteiger partial charge in [-0.05, 0) is 42.4 Å². The molecule has 0 aliphatic rings. The first-order valence-electron chi connectivity index (χ1n) is 10.0. The smallest absolute Gasteiger partial charge is 0.312 e. The number of benzene rings is 1. The number of nitrogens with one attached hydrogen (secondary N) is 1. The van der Waals surface area contributed by atoms with E-state index < -0.39 is 18.2 Å². The van der Waals surface area contributed by atoms with E-state index in [4.69, 9.17) is 25.7 Å². The molecule has 0 spiro atoms. The Balaban J connectivity index is 2.77. The number of ether oxygens (including phenoxy) is 3. The summed E-state index contributed by atoms with van der Waals surface area (Å²) >= 11 is 0. The average Bonchev–Trinajstić information content (AvgIpc) is 2.68. The molecule has 2 amide bonds. The van der Waals surface area contributed by atoms with E-state index >= 15 is 0 Å². The van der Waals surface area contributed by atoms with Crippen LogP contribution in [0.1, 0.15) is 32.3 Å². The molecule has 0 fully saturated rings. The Bertz CT molecular complexity index is 612. The van der Waals surface area contributed by atoms with E-state index in [2.05, 4.69) is 19.2 Å². The maximum Gasteiger partial charge on any atom is 0.312 e. The molecule has 0 heterocycles. The molecule has 0 aliphatic heterocycles. The molecule has 29 heavy (non-hydrogen) atoms. The van der Waals surface area contributed by atoms with Crippen molar-refractivity contribution < 1.29 is 24.1 Å². The quantitative estimate of drug-likeness (QED) is 0.345. The zero-order chi connectivity index (χ0) is 21.8. The number of methoxy groups -OCH3 is 2. The zero-order valence-electron chi connectivity index (χ0n) is 18.0. The van der Waals surface area contributed by atoms with Crippen LogP contribution in [0.4, 0.5) is 4.79 Å². The van der Waals surface area contributed by atoms with Gasteiger partial charge in [-0.2, -0.15) is 0 Å². The van der Waals surface area contributed by atoms with Gasteiger partial charge in [0.1, 0.15) is 0 Å². The molecular formula is C21H37N3O5. The van der Waals surface area contributed by atoms with Crippen molar-refractivity contribution in [3.05, 3.63) is 23.8 Å². The summed E-state index contributed by atoms with van der Waals surface area (Å²) in [6, 6.07) is 4.79. The van der Waals surface area contributed by atoms with E-state index in [1.54, 1.807) is 14.2 Å². The van der Waals surface area contributed by atoms with Gasteiger partial charge >= 0.3 is 6.03 Å². The SMILES string of the molecule is COCCCOc1cc(CC(CC(N)C(O)CNC(N)=O)C(C)C)ccc1OC. The van der Waals surface area contributed by atoms with Crippen LogP contribution in [0.5, 0.6) is 11.5 Å². The van der Waals surface area contributed by atoms with Crippen molar-refractivity contribution in [1.82, 2.24) is 5.32 Å². The molecule has 0 saturated carbocycles. The van der Waals surface area contributed by atoms with Crippen LogP contribution in [0, 0.1) is 11.8 Å². The monoisotopic (exact) mass is 411 g/mol. The first kappa shape index (κ1) is 25.0. The Morgan fingerprint density at radius 2 is 1.93 bits per heavy atom. The third-order valence-electron chi connectivity index (χ3n) is 4.97. The van der Waals surface area contributed by atoms with E-state index in [9.17, 15) is 9.90 Å². The fraction of sp³-hybridized carbons (Fsp3) is 0.667. The van der Waals surface area contributed by atoms with E-state index in [-0.39, 0.29) is 12.5 Å². The second-order valence-corrected chi connectivity index (χ2v) is 7.60. The number of aliphatic hydroxyl groups is 1. The summed E-state index contributed by atoms with van der Waals surface area (Å²) in [4.78, 5) is 10.8. The molecule has 0 aliphatic carbocycles. The van der Waals surface area contributed by atoms with Crippen molar-refractivity contribution in [2.45, 2.75) is 45.3 Å². The van der Waals surface area contributed by atoms with Crippen molar-refractivity contribution in [2.75, 3.05) is 34.0 Å². The minimum Gasteiger partial charge on any atom is -0.493 e. The second kappa shape index (κ2) is 13.2. The number of primary amides is 1. The topological polar surface area (TPSA) is 129 Å². The Hall–Kier alpha value is -2.03. The first-order chi connectivity index (χ1) is 13.8. The standard InChI is InChI=1S/C21H37N3O5/c1-14(2)16(12-17(22)18(25)13-24-21(23)26)10-15-6-7-19(28-4)20(11-15)29-9-5-8-27-3/h6-7,11,14,16-18,25H,5,8-10,12-13,22H2,1-4H3,(H3,23,24,26). The molecule has 1 rings (SSSR count).